The van der Waals surface area contributed by atoms with E-state index >= 15 is 0 Å². The Morgan fingerprint density at radius 2 is 2.18 bits per heavy atom. The number of aromatic nitrogens is 2. The molecule has 6 heteroatoms. The largest absolute Gasteiger partial charge is 0.265 e. The highest BCUT2D eigenvalue weighted by Crippen LogP contribution is 2.23. The molecule has 2 rings (SSSR count). The molecule has 2 heterocycles. The van der Waals surface area contributed by atoms with E-state index in [1.165, 1.54) is 23.5 Å². The van der Waals surface area contributed by atoms with E-state index in [1.807, 2.05) is 6.07 Å². The molecule has 0 saturated carbocycles. The number of thiazole rings is 1. The fourth-order valence-electron chi connectivity index (χ4n) is 1.26. The minimum absolute atomic E-state index is 0.110. The van der Waals surface area contributed by atoms with E-state index in [9.17, 15) is 8.78 Å². The molecule has 0 aliphatic rings. The molecular formula is C11H7F2N3S. The highest BCUT2D eigenvalue weighted by molar-refractivity contribution is 7.10. The zero-order valence-corrected chi connectivity index (χ0v) is 9.42. The lowest BCUT2D eigenvalue weighted by molar-refractivity contribution is 0.151. The summed E-state index contributed by atoms with van der Waals surface area (Å²) in [5.74, 6) is 0. The summed E-state index contributed by atoms with van der Waals surface area (Å²) in [4.78, 5) is 8.12. The van der Waals surface area contributed by atoms with E-state index in [4.69, 9.17) is 5.26 Å². The van der Waals surface area contributed by atoms with Gasteiger partial charge in [0.15, 0.2) is 0 Å². The predicted molar refractivity (Wildman–Crippen MR) is 59.6 cm³/mol. The van der Waals surface area contributed by atoms with Crippen molar-refractivity contribution in [3.8, 4) is 17.5 Å². The summed E-state index contributed by atoms with van der Waals surface area (Å²) in [6.45, 7) is 0. The van der Waals surface area contributed by atoms with Gasteiger partial charge in [0.25, 0.3) is 6.43 Å². The van der Waals surface area contributed by atoms with Crippen LogP contribution in [0.5, 0.6) is 0 Å². The lowest BCUT2D eigenvalue weighted by Gasteiger charge is -1.99. The lowest BCUT2D eigenvalue weighted by atomic mass is 10.2. The monoisotopic (exact) mass is 251 g/mol. The van der Waals surface area contributed by atoms with Gasteiger partial charge in [0.2, 0.25) is 0 Å². The Bertz CT molecular complexity index is 543. The van der Waals surface area contributed by atoms with Gasteiger partial charge in [-0.3, -0.25) is 4.98 Å². The van der Waals surface area contributed by atoms with Crippen molar-refractivity contribution < 1.29 is 8.78 Å². The van der Waals surface area contributed by atoms with E-state index in [0.29, 0.717) is 16.4 Å². The second kappa shape index (κ2) is 4.97. The van der Waals surface area contributed by atoms with Crippen LogP contribution in [0.2, 0.25) is 0 Å². The van der Waals surface area contributed by atoms with Gasteiger partial charge in [-0.05, 0) is 12.1 Å². The number of alkyl halides is 2. The molecule has 0 N–H and O–H groups in total. The number of hydrogen-bond donors (Lipinski definition) is 0. The third kappa shape index (κ3) is 2.63. The molecule has 0 aliphatic heterocycles. The van der Waals surface area contributed by atoms with Crippen LogP contribution in [-0.2, 0) is 6.42 Å². The molecule has 0 amide bonds. The van der Waals surface area contributed by atoms with Crippen LogP contribution < -0.4 is 0 Å². The summed E-state index contributed by atoms with van der Waals surface area (Å²) < 4.78 is 24.6. The highest BCUT2D eigenvalue weighted by atomic mass is 32.1. The van der Waals surface area contributed by atoms with E-state index in [-0.39, 0.29) is 12.0 Å². The fourth-order valence-corrected chi connectivity index (χ4v) is 1.98. The average molecular weight is 251 g/mol. The Balaban J connectivity index is 2.24. The molecule has 0 fully saturated rings. The third-order valence-electron chi connectivity index (χ3n) is 2.08. The van der Waals surface area contributed by atoms with Crippen molar-refractivity contribution >= 4 is 11.3 Å². The Hall–Kier alpha value is -1.87. The molecule has 0 saturated heterocycles. The first-order valence-corrected chi connectivity index (χ1v) is 5.64. The summed E-state index contributed by atoms with van der Waals surface area (Å²) in [7, 11) is 0. The van der Waals surface area contributed by atoms with Crippen molar-refractivity contribution in [2.75, 3.05) is 0 Å². The zero-order valence-electron chi connectivity index (χ0n) is 8.60. The third-order valence-corrected chi connectivity index (χ3v) is 2.93. The molecule has 86 valence electrons. The van der Waals surface area contributed by atoms with Crippen LogP contribution in [0.3, 0.4) is 0 Å². The molecule has 2 aromatic rings. The quantitative estimate of drug-likeness (QED) is 0.841. The zero-order chi connectivity index (χ0) is 12.3. The summed E-state index contributed by atoms with van der Waals surface area (Å²) in [6, 6.07) is 4.84. The van der Waals surface area contributed by atoms with E-state index in [2.05, 4.69) is 9.97 Å². The maximum atomic E-state index is 12.3. The summed E-state index contributed by atoms with van der Waals surface area (Å²) >= 11 is 1.36. The lowest BCUT2D eigenvalue weighted by Crippen LogP contribution is -1.89. The van der Waals surface area contributed by atoms with Crippen LogP contribution >= 0.6 is 11.3 Å². The van der Waals surface area contributed by atoms with E-state index < -0.39 is 6.43 Å². The van der Waals surface area contributed by atoms with Crippen LogP contribution in [0.25, 0.3) is 11.4 Å². The van der Waals surface area contributed by atoms with Crippen molar-refractivity contribution in [2.45, 2.75) is 12.8 Å². The topological polar surface area (TPSA) is 49.6 Å². The molecule has 17 heavy (non-hydrogen) atoms. The number of nitrogens with zero attached hydrogens (tertiary/aromatic N) is 3. The first-order valence-electron chi connectivity index (χ1n) is 4.76. The molecule has 0 unspecified atom stereocenters. The SMILES string of the molecule is N#CCc1nc(-c2ccc(C(F)F)cn2)cs1. The standard InChI is InChI=1S/C11H7F2N3S/c12-11(13)7-1-2-8(15-5-7)9-6-17-10(16-9)3-4-14/h1-2,5-6,11H,3H2. The summed E-state index contributed by atoms with van der Waals surface area (Å²) in [5.41, 5.74) is 1.04. The van der Waals surface area contributed by atoms with Gasteiger partial charge in [-0.1, -0.05) is 0 Å². The second-order valence-corrected chi connectivity index (χ2v) is 4.18. The number of hydrogen-bond acceptors (Lipinski definition) is 4. The van der Waals surface area contributed by atoms with Gasteiger partial charge in [-0.15, -0.1) is 11.3 Å². The number of pyridine rings is 1. The van der Waals surface area contributed by atoms with Gasteiger partial charge in [-0.2, -0.15) is 5.26 Å². The smallest absolute Gasteiger partial charge is 0.254 e. The van der Waals surface area contributed by atoms with Crippen LogP contribution in [0, 0.1) is 11.3 Å². The molecule has 0 atom stereocenters. The number of nitriles is 1. The minimum atomic E-state index is -2.51. The molecule has 0 aromatic carbocycles. The first-order chi connectivity index (χ1) is 8.20. The highest BCUT2D eigenvalue weighted by Gasteiger charge is 2.09. The Labute approximate surface area is 100 Å². The van der Waals surface area contributed by atoms with Crippen LogP contribution in [-0.4, -0.2) is 9.97 Å². The van der Waals surface area contributed by atoms with Gasteiger partial charge >= 0.3 is 0 Å². The molecule has 2 aromatic heterocycles. The number of halogens is 2. The van der Waals surface area contributed by atoms with Crippen molar-refractivity contribution in [1.82, 2.24) is 9.97 Å². The van der Waals surface area contributed by atoms with E-state index in [1.54, 1.807) is 5.38 Å². The minimum Gasteiger partial charge on any atom is -0.254 e. The second-order valence-electron chi connectivity index (χ2n) is 3.24. The fraction of sp³-hybridized carbons (Fsp3) is 0.182. The molecule has 0 aliphatic carbocycles. The summed E-state index contributed by atoms with van der Waals surface area (Å²) in [5, 5.41) is 11.0. The van der Waals surface area contributed by atoms with Gasteiger partial charge in [-0.25, -0.2) is 13.8 Å². The molecule has 0 spiro atoms. The maximum Gasteiger partial charge on any atom is 0.265 e. The first kappa shape index (κ1) is 11.6. The van der Waals surface area contributed by atoms with Crippen LogP contribution in [0.15, 0.2) is 23.7 Å². The molecule has 3 nitrogen and oxygen atoms in total. The molecule has 0 radical (unpaired) electrons. The van der Waals surface area contributed by atoms with Crippen LogP contribution in [0.1, 0.15) is 17.0 Å². The van der Waals surface area contributed by atoms with Crippen molar-refractivity contribution in [2.24, 2.45) is 0 Å². The molecule has 0 bridgehead atoms. The Morgan fingerprint density at radius 1 is 1.35 bits per heavy atom. The van der Waals surface area contributed by atoms with Crippen molar-refractivity contribution in [3.05, 3.63) is 34.3 Å². The Kier molecular flexibility index (Phi) is 3.40. The normalized spacial score (nSPS) is 10.5. The number of rotatable bonds is 3. The molecular weight excluding hydrogens is 244 g/mol. The van der Waals surface area contributed by atoms with Gasteiger partial charge in [0, 0.05) is 17.1 Å². The van der Waals surface area contributed by atoms with Gasteiger partial charge < -0.3 is 0 Å². The maximum absolute atomic E-state index is 12.3. The summed E-state index contributed by atoms with van der Waals surface area (Å²) in [6.07, 6.45) is -1.12. The van der Waals surface area contributed by atoms with Crippen molar-refractivity contribution in [3.63, 3.8) is 0 Å². The Morgan fingerprint density at radius 3 is 2.76 bits per heavy atom. The predicted octanol–water partition coefficient (Wildman–Crippen LogP) is 3.21. The van der Waals surface area contributed by atoms with Crippen molar-refractivity contribution in [1.29, 1.82) is 5.26 Å². The average Bonchev–Trinajstić information content (AvgIpc) is 2.78. The van der Waals surface area contributed by atoms with E-state index in [0.717, 1.165) is 6.20 Å². The van der Waals surface area contributed by atoms with Crippen LogP contribution in [0.4, 0.5) is 8.78 Å². The van der Waals surface area contributed by atoms with Gasteiger partial charge in [0.1, 0.15) is 5.01 Å². The van der Waals surface area contributed by atoms with Gasteiger partial charge in [0.05, 0.1) is 23.9 Å².